The van der Waals surface area contributed by atoms with Crippen molar-refractivity contribution < 1.29 is 4.21 Å². The fraction of sp³-hybridized carbons (Fsp3) is 0.250. The van der Waals surface area contributed by atoms with E-state index in [4.69, 9.17) is 5.26 Å². The highest BCUT2D eigenvalue weighted by Gasteiger charge is 2.09. The Hall–Kier alpha value is -0.730. The average molecular weight is 259 g/mol. The predicted octanol–water partition coefficient (Wildman–Crippen LogP) is 1.84. The lowest BCUT2D eigenvalue weighted by atomic mass is 10.4. The lowest BCUT2D eigenvalue weighted by Gasteiger charge is -2.00. The van der Waals surface area contributed by atoms with Gasteiger partial charge in [0.2, 0.25) is 0 Å². The van der Waals surface area contributed by atoms with Gasteiger partial charge in [0.25, 0.3) is 0 Å². The molecule has 0 radical (unpaired) electrons. The molecule has 0 aliphatic carbocycles. The van der Waals surface area contributed by atoms with Gasteiger partial charge in [0, 0.05) is 16.4 Å². The van der Waals surface area contributed by atoms with Crippen LogP contribution in [-0.2, 0) is 10.8 Å². The summed E-state index contributed by atoms with van der Waals surface area (Å²) in [7, 11) is -1.13. The number of aromatic nitrogens is 1. The van der Waals surface area contributed by atoms with E-state index >= 15 is 0 Å². The highest BCUT2D eigenvalue weighted by Crippen LogP contribution is 2.16. The summed E-state index contributed by atoms with van der Waals surface area (Å²) in [5.74, 6) is 0.493. The predicted molar refractivity (Wildman–Crippen MR) is 53.6 cm³/mol. The van der Waals surface area contributed by atoms with Crippen LogP contribution in [0.3, 0.4) is 0 Å². The molecule has 1 aromatic rings. The second-order valence-electron chi connectivity index (χ2n) is 2.25. The average Bonchev–Trinajstić information content (AvgIpc) is 2.16. The van der Waals surface area contributed by atoms with Gasteiger partial charge in [-0.15, -0.1) is 0 Å². The summed E-state index contributed by atoms with van der Waals surface area (Å²) in [5.41, 5.74) is 0.239. The first-order chi connectivity index (χ1) is 6.19. The van der Waals surface area contributed by atoms with Crippen LogP contribution in [0, 0.1) is 11.3 Å². The molecule has 13 heavy (non-hydrogen) atoms. The van der Waals surface area contributed by atoms with Gasteiger partial charge in [-0.2, -0.15) is 5.26 Å². The zero-order valence-corrected chi connectivity index (χ0v) is 9.35. The van der Waals surface area contributed by atoms with Gasteiger partial charge in [-0.05, 0) is 22.0 Å². The standard InChI is InChI=1S/C8H7BrN2OS/c1-2-13(12)8-3-6(9)5-11-7(8)4-10/h3,5H,2H2,1H3. The Morgan fingerprint density at radius 2 is 2.46 bits per heavy atom. The van der Waals surface area contributed by atoms with Gasteiger partial charge in [0.05, 0.1) is 15.7 Å². The molecule has 68 valence electrons. The van der Waals surface area contributed by atoms with Gasteiger partial charge in [-0.1, -0.05) is 6.92 Å². The summed E-state index contributed by atoms with van der Waals surface area (Å²) < 4.78 is 12.2. The number of hydrogen-bond acceptors (Lipinski definition) is 3. The number of rotatable bonds is 2. The molecule has 0 fully saturated rings. The van der Waals surface area contributed by atoms with E-state index in [2.05, 4.69) is 20.9 Å². The highest BCUT2D eigenvalue weighted by molar-refractivity contribution is 9.10. The number of pyridine rings is 1. The Bertz CT molecular complexity index is 386. The molecule has 1 aromatic heterocycles. The molecule has 1 heterocycles. The normalized spacial score (nSPS) is 12.1. The second-order valence-corrected chi connectivity index (χ2v) is 4.87. The van der Waals surface area contributed by atoms with Crippen LogP contribution in [0.15, 0.2) is 21.6 Å². The molecular weight excluding hydrogens is 252 g/mol. The molecule has 0 spiro atoms. The maximum absolute atomic E-state index is 11.4. The van der Waals surface area contributed by atoms with E-state index in [0.29, 0.717) is 10.6 Å². The summed E-state index contributed by atoms with van der Waals surface area (Å²) in [6.45, 7) is 1.80. The van der Waals surface area contributed by atoms with E-state index in [1.807, 2.05) is 6.07 Å². The van der Waals surface area contributed by atoms with Crippen LogP contribution in [-0.4, -0.2) is 14.9 Å². The fourth-order valence-corrected chi connectivity index (χ4v) is 2.20. The van der Waals surface area contributed by atoms with Crippen molar-refractivity contribution >= 4 is 26.7 Å². The van der Waals surface area contributed by atoms with Crippen molar-refractivity contribution in [3.63, 3.8) is 0 Å². The third kappa shape index (κ3) is 2.36. The smallest absolute Gasteiger partial charge is 0.156 e. The largest absolute Gasteiger partial charge is 0.254 e. The Labute approximate surface area is 87.4 Å². The number of nitrogens with zero attached hydrogens (tertiary/aromatic N) is 2. The van der Waals surface area contributed by atoms with Crippen LogP contribution in [0.1, 0.15) is 12.6 Å². The summed E-state index contributed by atoms with van der Waals surface area (Å²) >= 11 is 3.22. The van der Waals surface area contributed by atoms with Crippen molar-refractivity contribution in [3.8, 4) is 6.07 Å². The first kappa shape index (κ1) is 10.4. The zero-order chi connectivity index (χ0) is 9.84. The molecule has 1 rings (SSSR count). The van der Waals surface area contributed by atoms with Gasteiger partial charge < -0.3 is 0 Å². The van der Waals surface area contributed by atoms with Crippen molar-refractivity contribution in [2.75, 3.05) is 5.75 Å². The highest BCUT2D eigenvalue weighted by atomic mass is 79.9. The van der Waals surface area contributed by atoms with Gasteiger partial charge in [-0.25, -0.2) is 4.98 Å². The van der Waals surface area contributed by atoms with Gasteiger partial charge in [-0.3, -0.25) is 4.21 Å². The van der Waals surface area contributed by atoms with Gasteiger partial charge in [0.1, 0.15) is 6.07 Å². The summed E-state index contributed by atoms with van der Waals surface area (Å²) in [6, 6.07) is 3.58. The minimum atomic E-state index is -1.13. The third-order valence-corrected chi connectivity index (χ3v) is 3.19. The first-order valence-electron chi connectivity index (χ1n) is 3.63. The number of halogens is 1. The van der Waals surface area contributed by atoms with Crippen LogP contribution in [0.25, 0.3) is 0 Å². The van der Waals surface area contributed by atoms with E-state index in [1.54, 1.807) is 13.0 Å². The van der Waals surface area contributed by atoms with E-state index in [9.17, 15) is 4.21 Å². The minimum Gasteiger partial charge on any atom is -0.254 e. The molecule has 0 aliphatic rings. The molecule has 1 atom stereocenters. The lowest BCUT2D eigenvalue weighted by Crippen LogP contribution is -1.99. The first-order valence-corrected chi connectivity index (χ1v) is 5.74. The molecular formula is C8H7BrN2OS. The maximum atomic E-state index is 11.4. The molecule has 3 nitrogen and oxygen atoms in total. The molecule has 0 bridgehead atoms. The minimum absolute atomic E-state index is 0.239. The van der Waals surface area contributed by atoms with Crippen LogP contribution in [0.5, 0.6) is 0 Å². The molecule has 0 N–H and O–H groups in total. The summed E-state index contributed by atoms with van der Waals surface area (Å²) in [5, 5.41) is 8.69. The Morgan fingerprint density at radius 3 is 3.00 bits per heavy atom. The molecule has 1 unspecified atom stereocenters. The van der Waals surface area contributed by atoms with Crippen molar-refractivity contribution in [1.82, 2.24) is 4.98 Å². The number of nitriles is 1. The molecule has 5 heteroatoms. The van der Waals surface area contributed by atoms with Gasteiger partial charge in [0.15, 0.2) is 5.69 Å². The maximum Gasteiger partial charge on any atom is 0.156 e. The Morgan fingerprint density at radius 1 is 1.77 bits per heavy atom. The molecule has 0 saturated heterocycles. The molecule has 0 aromatic carbocycles. The number of hydrogen-bond donors (Lipinski definition) is 0. The zero-order valence-electron chi connectivity index (χ0n) is 6.95. The van der Waals surface area contributed by atoms with Crippen molar-refractivity contribution in [3.05, 3.63) is 22.4 Å². The molecule has 0 amide bonds. The van der Waals surface area contributed by atoms with E-state index in [-0.39, 0.29) is 5.69 Å². The van der Waals surface area contributed by atoms with Crippen molar-refractivity contribution in [1.29, 1.82) is 5.26 Å². The van der Waals surface area contributed by atoms with Crippen LogP contribution >= 0.6 is 15.9 Å². The van der Waals surface area contributed by atoms with Gasteiger partial charge >= 0.3 is 0 Å². The summed E-state index contributed by atoms with van der Waals surface area (Å²) in [4.78, 5) is 4.36. The SMILES string of the molecule is CCS(=O)c1cc(Br)cnc1C#N. The Kier molecular flexibility index (Phi) is 3.58. The molecule has 0 saturated carbocycles. The van der Waals surface area contributed by atoms with E-state index < -0.39 is 10.8 Å². The van der Waals surface area contributed by atoms with Crippen LogP contribution < -0.4 is 0 Å². The second kappa shape index (κ2) is 4.49. The quantitative estimate of drug-likeness (QED) is 0.814. The fourth-order valence-electron chi connectivity index (χ4n) is 0.834. The van der Waals surface area contributed by atoms with Crippen molar-refractivity contribution in [2.24, 2.45) is 0 Å². The summed E-state index contributed by atoms with van der Waals surface area (Å²) in [6.07, 6.45) is 1.52. The Balaban J connectivity index is 3.25. The lowest BCUT2D eigenvalue weighted by molar-refractivity contribution is 0.683. The third-order valence-electron chi connectivity index (χ3n) is 1.43. The van der Waals surface area contributed by atoms with E-state index in [1.165, 1.54) is 6.20 Å². The van der Waals surface area contributed by atoms with Crippen LogP contribution in [0.2, 0.25) is 0 Å². The van der Waals surface area contributed by atoms with Crippen molar-refractivity contribution in [2.45, 2.75) is 11.8 Å². The molecule has 0 aliphatic heterocycles. The monoisotopic (exact) mass is 258 g/mol. The van der Waals surface area contributed by atoms with Crippen LogP contribution in [0.4, 0.5) is 0 Å². The topological polar surface area (TPSA) is 53.8 Å². The van der Waals surface area contributed by atoms with E-state index in [0.717, 1.165) is 4.47 Å².